The van der Waals surface area contributed by atoms with Crippen LogP contribution >= 0.6 is 0 Å². The Morgan fingerprint density at radius 2 is 2.05 bits per heavy atom. The van der Waals surface area contributed by atoms with Crippen LogP contribution in [0.2, 0.25) is 0 Å². The molecular formula is C12H16N6O. The number of carbonyl (C=O) groups is 1. The minimum atomic E-state index is -0.333. The van der Waals surface area contributed by atoms with E-state index in [0.29, 0.717) is 6.54 Å². The van der Waals surface area contributed by atoms with Gasteiger partial charge in [0.15, 0.2) is 0 Å². The van der Waals surface area contributed by atoms with Gasteiger partial charge in [0.05, 0.1) is 0 Å². The van der Waals surface area contributed by atoms with Crippen molar-refractivity contribution in [1.29, 1.82) is 0 Å². The molecule has 1 aromatic heterocycles. The molecular weight excluding hydrogens is 244 g/mol. The predicted octanol–water partition coefficient (Wildman–Crippen LogP) is 0.383. The first-order valence-electron chi connectivity index (χ1n) is 5.78. The maximum Gasteiger partial charge on any atom is 0.288 e. The molecule has 0 saturated carbocycles. The Morgan fingerprint density at radius 1 is 1.37 bits per heavy atom. The summed E-state index contributed by atoms with van der Waals surface area (Å²) in [5.41, 5.74) is 7.45. The summed E-state index contributed by atoms with van der Waals surface area (Å²) < 4.78 is 0. The zero-order valence-corrected chi connectivity index (χ0v) is 10.8. The molecule has 0 fully saturated rings. The Labute approximate surface area is 110 Å². The van der Waals surface area contributed by atoms with Gasteiger partial charge >= 0.3 is 0 Å². The van der Waals surface area contributed by atoms with Crippen LogP contribution in [0.25, 0.3) is 0 Å². The molecule has 2 aromatic rings. The molecule has 7 nitrogen and oxygen atoms in total. The van der Waals surface area contributed by atoms with E-state index in [4.69, 9.17) is 5.73 Å². The summed E-state index contributed by atoms with van der Waals surface area (Å²) in [6, 6.07) is 7.91. The predicted molar refractivity (Wildman–Crippen MR) is 72.7 cm³/mol. The van der Waals surface area contributed by atoms with Gasteiger partial charge in [-0.25, -0.2) is 0 Å². The van der Waals surface area contributed by atoms with Crippen LogP contribution in [-0.4, -0.2) is 35.2 Å². The Kier molecular flexibility index (Phi) is 3.65. The highest BCUT2D eigenvalue weighted by Gasteiger charge is 2.09. The summed E-state index contributed by atoms with van der Waals surface area (Å²) in [5.74, 6) is -0.163. The molecule has 0 aliphatic carbocycles. The van der Waals surface area contributed by atoms with Gasteiger partial charge in [0, 0.05) is 26.3 Å². The van der Waals surface area contributed by atoms with Gasteiger partial charge in [0.2, 0.25) is 11.8 Å². The Morgan fingerprint density at radius 3 is 2.58 bits per heavy atom. The molecule has 2 rings (SSSR count). The summed E-state index contributed by atoms with van der Waals surface area (Å²) in [4.78, 5) is 17.5. The van der Waals surface area contributed by atoms with Crippen molar-refractivity contribution in [2.24, 2.45) is 0 Å². The van der Waals surface area contributed by atoms with Crippen LogP contribution in [0.4, 0.5) is 11.6 Å². The minimum absolute atomic E-state index is 0.0560. The number of hydrogen-bond donors (Lipinski definition) is 3. The second-order valence-electron chi connectivity index (χ2n) is 4.29. The number of H-pyrrole nitrogens is 1. The van der Waals surface area contributed by atoms with Crippen LogP contribution in [0.5, 0.6) is 0 Å². The van der Waals surface area contributed by atoms with Gasteiger partial charge in [-0.05, 0) is 17.7 Å². The lowest BCUT2D eigenvalue weighted by Crippen LogP contribution is -2.24. The van der Waals surface area contributed by atoms with E-state index < -0.39 is 0 Å². The third-order valence-corrected chi connectivity index (χ3v) is 2.62. The Balaban J connectivity index is 1.93. The molecule has 0 atom stereocenters. The first-order chi connectivity index (χ1) is 9.06. The third kappa shape index (κ3) is 3.21. The van der Waals surface area contributed by atoms with E-state index in [1.165, 1.54) is 0 Å². The monoisotopic (exact) mass is 260 g/mol. The van der Waals surface area contributed by atoms with Crippen LogP contribution in [0.1, 0.15) is 16.2 Å². The number of rotatable bonds is 4. The lowest BCUT2D eigenvalue weighted by atomic mass is 10.2. The molecule has 0 spiro atoms. The van der Waals surface area contributed by atoms with Crippen molar-refractivity contribution >= 4 is 17.5 Å². The summed E-state index contributed by atoms with van der Waals surface area (Å²) >= 11 is 0. The van der Waals surface area contributed by atoms with Crippen LogP contribution in [0, 0.1) is 0 Å². The van der Waals surface area contributed by atoms with Crippen molar-refractivity contribution in [1.82, 2.24) is 20.5 Å². The van der Waals surface area contributed by atoms with E-state index >= 15 is 0 Å². The van der Waals surface area contributed by atoms with Gasteiger partial charge in [0.25, 0.3) is 5.91 Å². The van der Waals surface area contributed by atoms with Crippen molar-refractivity contribution in [3.63, 3.8) is 0 Å². The number of amides is 1. The van der Waals surface area contributed by atoms with E-state index in [0.717, 1.165) is 11.3 Å². The molecule has 100 valence electrons. The summed E-state index contributed by atoms with van der Waals surface area (Å²) in [5, 5.41) is 8.80. The standard InChI is InChI=1S/C12H16N6O/c1-18(2)9-5-3-8(4-6-9)7-14-11(19)10-15-12(13)17-16-10/h3-6H,7H2,1-2H3,(H,14,19)(H3,13,15,16,17). The van der Waals surface area contributed by atoms with Gasteiger partial charge in [-0.1, -0.05) is 12.1 Å². The molecule has 19 heavy (non-hydrogen) atoms. The smallest absolute Gasteiger partial charge is 0.288 e. The van der Waals surface area contributed by atoms with E-state index in [1.807, 2.05) is 43.3 Å². The van der Waals surface area contributed by atoms with Crippen molar-refractivity contribution < 1.29 is 4.79 Å². The van der Waals surface area contributed by atoms with Crippen molar-refractivity contribution in [2.45, 2.75) is 6.54 Å². The van der Waals surface area contributed by atoms with Crippen LogP contribution < -0.4 is 16.0 Å². The SMILES string of the molecule is CN(C)c1ccc(CNC(=O)c2nc(N)n[nH]2)cc1. The lowest BCUT2D eigenvalue weighted by Gasteiger charge is -2.12. The lowest BCUT2D eigenvalue weighted by molar-refractivity contribution is 0.0941. The van der Waals surface area contributed by atoms with Gasteiger partial charge < -0.3 is 16.0 Å². The number of aromatic amines is 1. The third-order valence-electron chi connectivity index (χ3n) is 2.62. The van der Waals surface area contributed by atoms with Crippen molar-refractivity contribution in [2.75, 3.05) is 24.7 Å². The molecule has 0 unspecified atom stereocenters. The van der Waals surface area contributed by atoms with Gasteiger partial charge in [0.1, 0.15) is 0 Å². The first-order valence-corrected chi connectivity index (χ1v) is 5.78. The number of nitrogens with zero attached hydrogens (tertiary/aromatic N) is 3. The molecule has 7 heteroatoms. The van der Waals surface area contributed by atoms with Crippen molar-refractivity contribution in [3.8, 4) is 0 Å². The summed E-state index contributed by atoms with van der Waals surface area (Å²) in [6.45, 7) is 0.424. The Bertz CT molecular complexity index is 560. The Hall–Kier alpha value is -2.57. The zero-order valence-electron chi connectivity index (χ0n) is 10.8. The first kappa shape index (κ1) is 12.9. The molecule has 0 saturated heterocycles. The maximum absolute atomic E-state index is 11.7. The minimum Gasteiger partial charge on any atom is -0.378 e. The zero-order chi connectivity index (χ0) is 13.8. The fourth-order valence-corrected chi connectivity index (χ4v) is 1.55. The average molecular weight is 260 g/mol. The number of anilines is 2. The largest absolute Gasteiger partial charge is 0.378 e. The molecule has 1 amide bonds. The topological polar surface area (TPSA) is 99.9 Å². The number of hydrogen-bond acceptors (Lipinski definition) is 5. The second-order valence-corrected chi connectivity index (χ2v) is 4.29. The second kappa shape index (κ2) is 5.38. The maximum atomic E-state index is 11.7. The normalized spacial score (nSPS) is 10.2. The van der Waals surface area contributed by atoms with Crippen LogP contribution in [0.3, 0.4) is 0 Å². The van der Waals surface area contributed by atoms with Crippen LogP contribution in [0.15, 0.2) is 24.3 Å². The highest BCUT2D eigenvalue weighted by molar-refractivity contribution is 5.90. The number of carbonyl (C=O) groups excluding carboxylic acids is 1. The average Bonchev–Trinajstić information content (AvgIpc) is 2.83. The fourth-order valence-electron chi connectivity index (χ4n) is 1.55. The molecule has 1 heterocycles. The van der Waals surface area contributed by atoms with Gasteiger partial charge in [-0.15, -0.1) is 5.10 Å². The number of aromatic nitrogens is 3. The number of benzene rings is 1. The summed E-state index contributed by atoms with van der Waals surface area (Å²) in [7, 11) is 3.95. The molecule has 0 aliphatic heterocycles. The van der Waals surface area contributed by atoms with Gasteiger partial charge in [-0.3, -0.25) is 9.89 Å². The number of nitrogens with two attached hydrogens (primary N) is 1. The highest BCUT2D eigenvalue weighted by Crippen LogP contribution is 2.12. The van der Waals surface area contributed by atoms with Crippen LogP contribution in [-0.2, 0) is 6.54 Å². The molecule has 0 aliphatic rings. The molecule has 0 bridgehead atoms. The molecule has 0 radical (unpaired) electrons. The number of nitrogen functional groups attached to an aromatic ring is 1. The highest BCUT2D eigenvalue weighted by atomic mass is 16.2. The van der Waals surface area contributed by atoms with E-state index in [2.05, 4.69) is 20.5 Å². The van der Waals surface area contributed by atoms with E-state index in [9.17, 15) is 4.79 Å². The van der Waals surface area contributed by atoms with E-state index in [-0.39, 0.29) is 17.7 Å². The van der Waals surface area contributed by atoms with Gasteiger partial charge in [-0.2, -0.15) is 4.98 Å². The number of nitrogens with one attached hydrogen (secondary N) is 2. The van der Waals surface area contributed by atoms with E-state index in [1.54, 1.807) is 0 Å². The fraction of sp³-hybridized carbons (Fsp3) is 0.250. The summed E-state index contributed by atoms with van der Waals surface area (Å²) in [6.07, 6.45) is 0. The quantitative estimate of drug-likeness (QED) is 0.738. The molecule has 1 aromatic carbocycles. The van der Waals surface area contributed by atoms with Crippen molar-refractivity contribution in [3.05, 3.63) is 35.7 Å². The molecule has 4 N–H and O–H groups in total.